The number of carboxylic acid groups (broad SMARTS) is 1. The van der Waals surface area contributed by atoms with Gasteiger partial charge in [-0.2, -0.15) is 0 Å². The molecule has 0 bridgehead atoms. The molecule has 1 fully saturated rings. The van der Waals surface area contributed by atoms with Gasteiger partial charge in [0.05, 0.1) is 17.9 Å². The molecule has 1 heterocycles. The number of likely N-dealkylation sites (tertiary alicyclic amines) is 1. The zero-order valence-corrected chi connectivity index (χ0v) is 9.50. The molecule has 1 aliphatic heterocycles. The summed E-state index contributed by atoms with van der Waals surface area (Å²) in [6.07, 6.45) is 0.980. The molecule has 0 spiro atoms. The minimum Gasteiger partial charge on any atom is -0.548 e. The normalized spacial score (nSPS) is 24.9. The third-order valence-electron chi connectivity index (χ3n) is 2.42. The van der Waals surface area contributed by atoms with Crippen LogP contribution >= 0.6 is 0 Å². The third kappa shape index (κ3) is 1.83. The van der Waals surface area contributed by atoms with Crippen molar-refractivity contribution in [1.82, 2.24) is 4.90 Å². The minimum absolute atomic E-state index is 0.484. The molecular formula is C8H12NO5S-. The van der Waals surface area contributed by atoms with Gasteiger partial charge in [-0.3, -0.25) is 4.79 Å². The highest BCUT2D eigenvalue weighted by molar-refractivity contribution is 7.91. The Morgan fingerprint density at radius 3 is 2.33 bits per heavy atom. The monoisotopic (exact) mass is 234 g/mol. The number of carboxylic acids is 1. The van der Waals surface area contributed by atoms with E-state index in [1.54, 1.807) is 0 Å². The Kier molecular flexibility index (Phi) is 2.55. The summed E-state index contributed by atoms with van der Waals surface area (Å²) in [6.45, 7) is 2.28. The zero-order chi connectivity index (χ0) is 12.0. The maximum absolute atomic E-state index is 11.4. The van der Waals surface area contributed by atoms with Crippen LogP contribution in [0.2, 0.25) is 0 Å². The van der Waals surface area contributed by atoms with Crippen LogP contribution in [0.1, 0.15) is 13.8 Å². The van der Waals surface area contributed by atoms with Gasteiger partial charge in [0.2, 0.25) is 5.91 Å². The van der Waals surface area contributed by atoms with Crippen molar-refractivity contribution >= 4 is 21.7 Å². The second kappa shape index (κ2) is 3.19. The first kappa shape index (κ1) is 12.0. The number of carbonyl (C=O) groups excluding carboxylic acids is 2. The van der Waals surface area contributed by atoms with Crippen LogP contribution < -0.4 is 5.11 Å². The zero-order valence-electron chi connectivity index (χ0n) is 8.68. The van der Waals surface area contributed by atoms with Gasteiger partial charge in [0.1, 0.15) is 5.37 Å². The molecule has 0 aliphatic carbocycles. The van der Waals surface area contributed by atoms with E-state index in [2.05, 4.69) is 0 Å². The Morgan fingerprint density at radius 1 is 1.53 bits per heavy atom. The average molecular weight is 234 g/mol. The van der Waals surface area contributed by atoms with Crippen molar-refractivity contribution in [2.45, 2.75) is 19.2 Å². The quantitative estimate of drug-likeness (QED) is 0.525. The van der Waals surface area contributed by atoms with Gasteiger partial charge in [-0.05, 0) is 13.8 Å². The molecule has 6 nitrogen and oxygen atoms in total. The molecule has 7 heteroatoms. The summed E-state index contributed by atoms with van der Waals surface area (Å²) in [6, 6.07) is 0. The standard InChI is InChI=1S/C8H13NO5S/c1-8(2)6(12)9(4-5(10)11)7(8)15(3,13)14/h7H,4H2,1-3H3,(H,10,11)/p-1. The van der Waals surface area contributed by atoms with Crippen molar-refractivity contribution in [3.05, 3.63) is 0 Å². The molecule has 0 aromatic rings. The van der Waals surface area contributed by atoms with E-state index in [1.807, 2.05) is 0 Å². The number of rotatable bonds is 3. The molecule has 86 valence electrons. The first-order chi connectivity index (χ1) is 6.58. The molecule has 1 aliphatic rings. The Bertz CT molecular complexity index is 411. The second-order valence-corrected chi connectivity index (χ2v) is 6.31. The van der Waals surface area contributed by atoms with Gasteiger partial charge in [0, 0.05) is 6.26 Å². The number of aliphatic carboxylic acids is 1. The minimum atomic E-state index is -3.49. The number of sulfone groups is 1. The van der Waals surface area contributed by atoms with Crippen LogP contribution in [-0.4, -0.2) is 43.4 Å². The second-order valence-electron chi connectivity index (χ2n) is 4.21. The Hall–Kier alpha value is -1.11. The number of amides is 1. The summed E-state index contributed by atoms with van der Waals surface area (Å²) in [7, 11) is -3.49. The summed E-state index contributed by atoms with van der Waals surface area (Å²) < 4.78 is 22.7. The van der Waals surface area contributed by atoms with Gasteiger partial charge in [0.25, 0.3) is 0 Å². The predicted octanol–water partition coefficient (Wildman–Crippen LogP) is -2.02. The lowest BCUT2D eigenvalue weighted by Crippen LogP contribution is -2.70. The van der Waals surface area contributed by atoms with Crippen LogP contribution in [0, 0.1) is 5.41 Å². The van der Waals surface area contributed by atoms with Crippen molar-refractivity contribution in [3.8, 4) is 0 Å². The van der Waals surface area contributed by atoms with Crippen LogP contribution in [0.25, 0.3) is 0 Å². The van der Waals surface area contributed by atoms with E-state index in [1.165, 1.54) is 13.8 Å². The van der Waals surface area contributed by atoms with Crippen molar-refractivity contribution < 1.29 is 23.1 Å². The lowest BCUT2D eigenvalue weighted by Gasteiger charge is -2.51. The summed E-state index contributed by atoms with van der Waals surface area (Å²) in [5.41, 5.74) is -1.05. The lowest BCUT2D eigenvalue weighted by molar-refractivity contribution is -0.307. The number of hydrogen-bond acceptors (Lipinski definition) is 5. The van der Waals surface area contributed by atoms with Crippen molar-refractivity contribution in [3.63, 3.8) is 0 Å². The fourth-order valence-corrected chi connectivity index (χ4v) is 3.77. The number of carbonyl (C=O) groups is 2. The highest BCUT2D eigenvalue weighted by atomic mass is 32.2. The fourth-order valence-electron chi connectivity index (χ4n) is 1.97. The maximum Gasteiger partial charge on any atom is 0.232 e. The van der Waals surface area contributed by atoms with Crippen LogP contribution in [0.3, 0.4) is 0 Å². The Labute approximate surface area is 87.8 Å². The van der Waals surface area contributed by atoms with E-state index in [0.717, 1.165) is 11.2 Å². The van der Waals surface area contributed by atoms with Crippen LogP contribution in [0.15, 0.2) is 0 Å². The Morgan fingerprint density at radius 2 is 2.00 bits per heavy atom. The van der Waals surface area contributed by atoms with Gasteiger partial charge < -0.3 is 14.8 Å². The van der Waals surface area contributed by atoms with Crippen LogP contribution in [0.5, 0.6) is 0 Å². The molecule has 0 saturated carbocycles. The fraction of sp³-hybridized carbons (Fsp3) is 0.750. The van der Waals surface area contributed by atoms with Crippen molar-refractivity contribution in [2.75, 3.05) is 12.8 Å². The van der Waals surface area contributed by atoms with Gasteiger partial charge in [0.15, 0.2) is 9.84 Å². The molecular weight excluding hydrogens is 222 g/mol. The average Bonchev–Trinajstić information content (AvgIpc) is 1.98. The molecule has 0 aromatic carbocycles. The lowest BCUT2D eigenvalue weighted by atomic mass is 9.82. The predicted molar refractivity (Wildman–Crippen MR) is 49.1 cm³/mol. The van der Waals surface area contributed by atoms with E-state index in [4.69, 9.17) is 0 Å². The molecule has 1 atom stereocenters. The van der Waals surface area contributed by atoms with Crippen LogP contribution in [0.4, 0.5) is 0 Å². The molecule has 0 N–H and O–H groups in total. The topological polar surface area (TPSA) is 94.6 Å². The van der Waals surface area contributed by atoms with E-state index < -0.39 is 39.0 Å². The van der Waals surface area contributed by atoms with Gasteiger partial charge in [-0.1, -0.05) is 0 Å². The van der Waals surface area contributed by atoms with Crippen molar-refractivity contribution in [2.24, 2.45) is 5.41 Å². The molecule has 0 aromatic heterocycles. The highest BCUT2D eigenvalue weighted by Crippen LogP contribution is 2.40. The van der Waals surface area contributed by atoms with Gasteiger partial charge >= 0.3 is 0 Å². The van der Waals surface area contributed by atoms with Gasteiger partial charge in [-0.25, -0.2) is 8.42 Å². The first-order valence-corrected chi connectivity index (χ1v) is 6.23. The van der Waals surface area contributed by atoms with E-state index in [0.29, 0.717) is 0 Å². The summed E-state index contributed by atoms with van der Waals surface area (Å²) in [5, 5.41) is 9.26. The molecule has 1 rings (SSSR count). The Balaban J connectivity index is 3.01. The summed E-state index contributed by atoms with van der Waals surface area (Å²) >= 11 is 0. The summed E-state index contributed by atoms with van der Waals surface area (Å²) in [5.74, 6) is -1.95. The maximum atomic E-state index is 11.4. The van der Waals surface area contributed by atoms with Crippen molar-refractivity contribution in [1.29, 1.82) is 0 Å². The SMILES string of the molecule is CC1(C)C(=O)N(CC(=O)[O-])C1S(C)(=O)=O. The number of hydrogen-bond donors (Lipinski definition) is 0. The molecule has 0 radical (unpaired) electrons. The number of β-lactam (4-membered cyclic amide) rings is 1. The van der Waals surface area contributed by atoms with E-state index >= 15 is 0 Å². The van der Waals surface area contributed by atoms with Gasteiger partial charge in [-0.15, -0.1) is 0 Å². The molecule has 1 unspecified atom stereocenters. The molecule has 15 heavy (non-hydrogen) atoms. The molecule has 1 amide bonds. The van der Waals surface area contributed by atoms with E-state index in [9.17, 15) is 23.1 Å². The first-order valence-electron chi connectivity index (χ1n) is 4.28. The number of nitrogens with zero attached hydrogens (tertiary/aromatic N) is 1. The molecule has 1 saturated heterocycles. The largest absolute Gasteiger partial charge is 0.548 e. The van der Waals surface area contributed by atoms with E-state index in [-0.39, 0.29) is 0 Å². The highest BCUT2D eigenvalue weighted by Gasteiger charge is 2.58. The van der Waals surface area contributed by atoms with Crippen LogP contribution in [-0.2, 0) is 19.4 Å². The third-order valence-corrected chi connectivity index (χ3v) is 4.07. The smallest absolute Gasteiger partial charge is 0.232 e. The summed E-state index contributed by atoms with van der Waals surface area (Å²) in [4.78, 5) is 22.6.